The molecule has 1 heterocycles. The molecule has 0 saturated heterocycles. The maximum atomic E-state index is 4.10. The highest BCUT2D eigenvalue weighted by atomic mass is 14.7. The van der Waals surface area contributed by atoms with E-state index in [1.807, 2.05) is 12.4 Å². The topological polar surface area (TPSA) is 12.4 Å². The molecule has 0 amide bonds. The van der Waals surface area contributed by atoms with E-state index < -0.39 is 0 Å². The minimum atomic E-state index is 1.01. The molecule has 2 aliphatic rings. The second-order valence-electron chi connectivity index (χ2n) is 2.51. The van der Waals surface area contributed by atoms with Gasteiger partial charge in [-0.25, -0.2) is 0 Å². The zero-order valence-electron chi connectivity index (χ0n) is 5.75. The predicted molar refractivity (Wildman–Crippen MR) is 43.0 cm³/mol. The lowest BCUT2D eigenvalue weighted by molar-refractivity contribution is 1.11. The van der Waals surface area contributed by atoms with Gasteiger partial charge in [0.25, 0.3) is 0 Å². The van der Waals surface area contributed by atoms with Crippen molar-refractivity contribution in [1.82, 2.24) is 0 Å². The Bertz CT molecular complexity index is 226. The van der Waals surface area contributed by atoms with Crippen LogP contribution in [0.25, 0.3) is 0 Å². The molecule has 0 radical (unpaired) electrons. The lowest BCUT2D eigenvalue weighted by Crippen LogP contribution is -1.97. The summed E-state index contributed by atoms with van der Waals surface area (Å²) in [5.74, 6) is 0. The monoisotopic (exact) mass is 131 g/mol. The molecule has 2 rings (SSSR count). The fourth-order valence-electron chi connectivity index (χ4n) is 1.25. The van der Waals surface area contributed by atoms with Crippen LogP contribution in [0.15, 0.2) is 40.6 Å². The fraction of sp³-hybridized carbons (Fsp3) is 0.222. The van der Waals surface area contributed by atoms with E-state index in [9.17, 15) is 0 Å². The van der Waals surface area contributed by atoms with Crippen LogP contribution in [-0.2, 0) is 0 Å². The first-order valence-electron chi connectivity index (χ1n) is 3.53. The standard InChI is InChI=1S/C9H9N/c1-2-4-9-7-10-6-5-8(9)3-1/h1-3,6-7H,4-5H2. The molecule has 0 bridgehead atoms. The summed E-state index contributed by atoms with van der Waals surface area (Å²) in [5.41, 5.74) is 2.81. The zero-order chi connectivity index (χ0) is 6.81. The van der Waals surface area contributed by atoms with E-state index in [-0.39, 0.29) is 0 Å². The van der Waals surface area contributed by atoms with Gasteiger partial charge in [-0.05, 0) is 17.6 Å². The number of fused-ring (bicyclic) bond motifs is 1. The van der Waals surface area contributed by atoms with E-state index in [2.05, 4.69) is 23.2 Å². The van der Waals surface area contributed by atoms with Gasteiger partial charge in [-0.2, -0.15) is 0 Å². The Kier molecular flexibility index (Phi) is 1.28. The SMILES string of the molecule is C1=CCC2=CN=CCC2=C1. The first-order chi connectivity index (χ1) is 4.97. The minimum absolute atomic E-state index is 1.01. The van der Waals surface area contributed by atoms with Gasteiger partial charge in [0, 0.05) is 18.8 Å². The van der Waals surface area contributed by atoms with Crippen LogP contribution in [0.5, 0.6) is 0 Å². The summed E-state index contributed by atoms with van der Waals surface area (Å²) in [6.07, 6.45) is 12.4. The van der Waals surface area contributed by atoms with E-state index in [0.717, 1.165) is 12.8 Å². The van der Waals surface area contributed by atoms with Gasteiger partial charge in [-0.1, -0.05) is 18.2 Å². The van der Waals surface area contributed by atoms with Crippen molar-refractivity contribution < 1.29 is 0 Å². The first-order valence-corrected chi connectivity index (χ1v) is 3.53. The molecule has 0 saturated carbocycles. The molecule has 0 aromatic carbocycles. The third-order valence-electron chi connectivity index (χ3n) is 1.83. The predicted octanol–water partition coefficient (Wildman–Crippen LogP) is 2.23. The first kappa shape index (κ1) is 5.66. The number of hydrogen-bond donors (Lipinski definition) is 0. The Morgan fingerprint density at radius 2 is 2.20 bits per heavy atom. The van der Waals surface area contributed by atoms with E-state index in [1.54, 1.807) is 0 Å². The smallest absolute Gasteiger partial charge is 0.0302 e. The third-order valence-corrected chi connectivity index (χ3v) is 1.83. The number of rotatable bonds is 0. The Morgan fingerprint density at radius 1 is 1.20 bits per heavy atom. The van der Waals surface area contributed by atoms with E-state index >= 15 is 0 Å². The number of allylic oxidation sites excluding steroid dienone is 5. The number of aliphatic imine (C=N–C) groups is 1. The number of nitrogens with zero attached hydrogens (tertiary/aromatic N) is 1. The van der Waals surface area contributed by atoms with Gasteiger partial charge in [0.15, 0.2) is 0 Å². The summed E-state index contributed by atoms with van der Waals surface area (Å²) in [5, 5.41) is 0. The van der Waals surface area contributed by atoms with Crippen molar-refractivity contribution in [3.63, 3.8) is 0 Å². The van der Waals surface area contributed by atoms with Gasteiger partial charge in [0.2, 0.25) is 0 Å². The Morgan fingerprint density at radius 3 is 3.10 bits per heavy atom. The highest BCUT2D eigenvalue weighted by Crippen LogP contribution is 2.23. The molecule has 0 fully saturated rings. The van der Waals surface area contributed by atoms with Crippen LogP contribution in [0.2, 0.25) is 0 Å². The van der Waals surface area contributed by atoms with Gasteiger partial charge in [-0.15, -0.1) is 0 Å². The van der Waals surface area contributed by atoms with E-state index in [1.165, 1.54) is 11.1 Å². The lowest BCUT2D eigenvalue weighted by Gasteiger charge is -2.12. The quantitative estimate of drug-likeness (QED) is 0.478. The van der Waals surface area contributed by atoms with Gasteiger partial charge in [0.05, 0.1) is 0 Å². The van der Waals surface area contributed by atoms with Gasteiger partial charge in [0.1, 0.15) is 0 Å². The van der Waals surface area contributed by atoms with Crippen LogP contribution < -0.4 is 0 Å². The summed E-state index contributed by atoms with van der Waals surface area (Å²) in [6.45, 7) is 0. The molecule has 50 valence electrons. The average Bonchev–Trinajstić information content (AvgIpc) is 2.05. The molecule has 0 atom stereocenters. The highest BCUT2D eigenvalue weighted by molar-refractivity contribution is 5.68. The fourth-order valence-corrected chi connectivity index (χ4v) is 1.25. The normalized spacial score (nSPS) is 21.6. The van der Waals surface area contributed by atoms with Crippen molar-refractivity contribution in [2.45, 2.75) is 12.8 Å². The molecule has 1 nitrogen and oxygen atoms in total. The summed E-state index contributed by atoms with van der Waals surface area (Å²) in [6, 6.07) is 0. The van der Waals surface area contributed by atoms with E-state index in [4.69, 9.17) is 0 Å². The van der Waals surface area contributed by atoms with Gasteiger partial charge < -0.3 is 0 Å². The molecular formula is C9H9N. The molecular weight excluding hydrogens is 122 g/mol. The Balaban J connectivity index is 2.38. The molecule has 1 aliphatic heterocycles. The molecule has 0 aromatic rings. The Labute approximate surface area is 60.5 Å². The van der Waals surface area contributed by atoms with Crippen molar-refractivity contribution in [3.05, 3.63) is 35.6 Å². The van der Waals surface area contributed by atoms with Crippen molar-refractivity contribution in [3.8, 4) is 0 Å². The van der Waals surface area contributed by atoms with Crippen LogP contribution in [0.3, 0.4) is 0 Å². The molecule has 0 aromatic heterocycles. The van der Waals surface area contributed by atoms with Crippen molar-refractivity contribution in [2.24, 2.45) is 4.99 Å². The summed E-state index contributed by atoms with van der Waals surface area (Å²) < 4.78 is 0. The van der Waals surface area contributed by atoms with Crippen LogP contribution in [0.4, 0.5) is 0 Å². The lowest BCUT2D eigenvalue weighted by atomic mass is 9.96. The van der Waals surface area contributed by atoms with Crippen molar-refractivity contribution in [1.29, 1.82) is 0 Å². The largest absolute Gasteiger partial charge is 0.268 e. The summed E-state index contributed by atoms with van der Waals surface area (Å²) in [4.78, 5) is 4.10. The summed E-state index contributed by atoms with van der Waals surface area (Å²) >= 11 is 0. The Hall–Kier alpha value is -1.11. The zero-order valence-corrected chi connectivity index (χ0v) is 5.75. The molecule has 0 spiro atoms. The molecule has 0 unspecified atom stereocenters. The molecule has 10 heavy (non-hydrogen) atoms. The molecule has 1 heteroatoms. The average molecular weight is 131 g/mol. The van der Waals surface area contributed by atoms with Crippen LogP contribution in [0.1, 0.15) is 12.8 Å². The van der Waals surface area contributed by atoms with Crippen molar-refractivity contribution >= 4 is 6.21 Å². The van der Waals surface area contributed by atoms with Crippen LogP contribution >= 0.6 is 0 Å². The minimum Gasteiger partial charge on any atom is -0.268 e. The van der Waals surface area contributed by atoms with Crippen molar-refractivity contribution in [2.75, 3.05) is 0 Å². The van der Waals surface area contributed by atoms with Crippen LogP contribution in [0, 0.1) is 0 Å². The molecule has 0 N–H and O–H groups in total. The number of hydrogen-bond acceptors (Lipinski definition) is 1. The molecule has 1 aliphatic carbocycles. The van der Waals surface area contributed by atoms with Gasteiger partial charge >= 0.3 is 0 Å². The second kappa shape index (κ2) is 2.25. The second-order valence-corrected chi connectivity index (χ2v) is 2.51. The third kappa shape index (κ3) is 0.838. The maximum Gasteiger partial charge on any atom is 0.0302 e. The summed E-state index contributed by atoms with van der Waals surface area (Å²) in [7, 11) is 0. The maximum absolute atomic E-state index is 4.10. The highest BCUT2D eigenvalue weighted by Gasteiger charge is 2.06. The van der Waals surface area contributed by atoms with Crippen LogP contribution in [-0.4, -0.2) is 6.21 Å². The van der Waals surface area contributed by atoms with Gasteiger partial charge in [-0.3, -0.25) is 4.99 Å². The van der Waals surface area contributed by atoms with E-state index in [0.29, 0.717) is 0 Å².